The normalized spacial score (nSPS) is 13.3. The third-order valence-corrected chi connectivity index (χ3v) is 5.98. The number of para-hydroxylation sites is 3. The lowest BCUT2D eigenvalue weighted by Crippen LogP contribution is -2.57. The van der Waals surface area contributed by atoms with Crippen molar-refractivity contribution >= 4 is 46.9 Å². The van der Waals surface area contributed by atoms with Crippen LogP contribution in [-0.4, -0.2) is 30.4 Å². The Balaban J connectivity index is 1.46. The molecule has 1 aliphatic rings. The molecule has 0 atom stereocenters. The average molecular weight is 536 g/mol. The number of nitrogens with zero attached hydrogens (tertiary/aromatic N) is 2. The van der Waals surface area contributed by atoms with E-state index in [1.54, 1.807) is 84.9 Å². The van der Waals surface area contributed by atoms with Crippen molar-refractivity contribution in [3.05, 3.63) is 126 Å². The lowest BCUT2D eigenvalue weighted by atomic mass is 10.0. The van der Waals surface area contributed by atoms with Gasteiger partial charge in [-0.2, -0.15) is 0 Å². The highest BCUT2D eigenvalue weighted by Gasteiger charge is 2.43. The van der Waals surface area contributed by atoms with Crippen LogP contribution in [0.25, 0.3) is 6.08 Å². The molecular weight excluding hydrogens is 513 g/mol. The number of urea groups is 1. The maximum atomic E-state index is 13.6. The SMILES string of the molecule is O=C(COc1ccccc1C=C1C(=O)N(c2ccccc2)C(=O)N(c2ccccc2)C1=O)Nc1ccc(F)cc1. The molecule has 0 aromatic heterocycles. The number of rotatable bonds is 7. The highest BCUT2D eigenvalue weighted by Crippen LogP contribution is 2.31. The molecule has 1 heterocycles. The Bertz CT molecular complexity index is 1540. The summed E-state index contributed by atoms with van der Waals surface area (Å²) < 4.78 is 18.8. The third kappa shape index (κ3) is 5.48. The number of benzene rings is 4. The van der Waals surface area contributed by atoms with E-state index in [-0.39, 0.29) is 17.9 Å². The number of amides is 5. The van der Waals surface area contributed by atoms with Crippen LogP contribution in [0.15, 0.2) is 115 Å². The minimum absolute atomic E-state index is 0.235. The van der Waals surface area contributed by atoms with Crippen LogP contribution in [0, 0.1) is 5.82 Å². The molecule has 1 aliphatic heterocycles. The summed E-state index contributed by atoms with van der Waals surface area (Å²) in [5, 5.41) is 2.60. The Morgan fingerprint density at radius 2 is 1.25 bits per heavy atom. The van der Waals surface area contributed by atoms with Crippen LogP contribution < -0.4 is 19.9 Å². The highest BCUT2D eigenvalue weighted by atomic mass is 19.1. The summed E-state index contributed by atoms with van der Waals surface area (Å²) >= 11 is 0. The molecule has 0 aliphatic carbocycles. The van der Waals surface area contributed by atoms with Crippen molar-refractivity contribution in [3.63, 3.8) is 0 Å². The van der Waals surface area contributed by atoms with E-state index >= 15 is 0 Å². The smallest absolute Gasteiger partial charge is 0.343 e. The van der Waals surface area contributed by atoms with E-state index in [0.717, 1.165) is 9.80 Å². The number of carbonyl (C=O) groups is 4. The summed E-state index contributed by atoms with van der Waals surface area (Å²) in [5.41, 5.74) is 1.09. The van der Waals surface area contributed by atoms with Crippen molar-refractivity contribution in [1.82, 2.24) is 0 Å². The first kappa shape index (κ1) is 26.1. The second kappa shape index (κ2) is 11.4. The Morgan fingerprint density at radius 1 is 0.725 bits per heavy atom. The molecule has 4 aromatic rings. The number of ether oxygens (including phenoxy) is 1. The van der Waals surface area contributed by atoms with Gasteiger partial charge < -0.3 is 10.1 Å². The molecule has 0 saturated carbocycles. The Morgan fingerprint density at radius 3 is 1.82 bits per heavy atom. The number of imide groups is 2. The zero-order chi connectivity index (χ0) is 28.1. The molecule has 40 heavy (non-hydrogen) atoms. The maximum absolute atomic E-state index is 13.6. The minimum Gasteiger partial charge on any atom is -0.483 e. The standard InChI is InChI=1S/C31H22FN3O5/c32-22-15-17-23(18-16-22)33-28(36)20-40-27-14-8-7-9-21(27)19-26-29(37)34(24-10-3-1-4-11-24)31(39)35(30(26)38)25-12-5-2-6-13-25/h1-19H,20H2,(H,33,36). The van der Waals surface area contributed by atoms with E-state index in [9.17, 15) is 23.6 Å². The lowest BCUT2D eigenvalue weighted by molar-refractivity contribution is -0.121. The van der Waals surface area contributed by atoms with Crippen LogP contribution in [0.1, 0.15) is 5.56 Å². The summed E-state index contributed by atoms with van der Waals surface area (Å²) in [6.45, 7) is -0.385. The molecular formula is C31H22FN3O5. The van der Waals surface area contributed by atoms with Gasteiger partial charge in [-0.15, -0.1) is 0 Å². The van der Waals surface area contributed by atoms with Gasteiger partial charge in [-0.1, -0.05) is 54.6 Å². The number of carbonyl (C=O) groups excluding carboxylic acids is 4. The maximum Gasteiger partial charge on any atom is 0.343 e. The molecule has 0 bridgehead atoms. The molecule has 5 rings (SSSR count). The van der Waals surface area contributed by atoms with Gasteiger partial charge in [0, 0.05) is 11.3 Å². The largest absolute Gasteiger partial charge is 0.483 e. The van der Waals surface area contributed by atoms with Gasteiger partial charge in [0.1, 0.15) is 17.1 Å². The van der Waals surface area contributed by atoms with Crippen LogP contribution in [0.4, 0.5) is 26.2 Å². The summed E-state index contributed by atoms with van der Waals surface area (Å²) in [7, 11) is 0. The Labute approximate surface area is 228 Å². The lowest BCUT2D eigenvalue weighted by Gasteiger charge is -2.34. The van der Waals surface area contributed by atoms with Gasteiger partial charge in [0.15, 0.2) is 6.61 Å². The molecule has 198 valence electrons. The molecule has 0 spiro atoms. The number of halogens is 1. The van der Waals surface area contributed by atoms with Crippen molar-refractivity contribution in [1.29, 1.82) is 0 Å². The highest BCUT2D eigenvalue weighted by molar-refractivity contribution is 6.46. The fourth-order valence-corrected chi connectivity index (χ4v) is 4.10. The van der Waals surface area contributed by atoms with Crippen LogP contribution in [0.2, 0.25) is 0 Å². The topological polar surface area (TPSA) is 96.0 Å². The van der Waals surface area contributed by atoms with Gasteiger partial charge in [-0.05, 0) is 60.7 Å². The van der Waals surface area contributed by atoms with Gasteiger partial charge in [-0.25, -0.2) is 19.0 Å². The molecule has 0 radical (unpaired) electrons. The number of hydrogen-bond acceptors (Lipinski definition) is 5. The van der Waals surface area contributed by atoms with Crippen molar-refractivity contribution in [2.45, 2.75) is 0 Å². The zero-order valence-corrected chi connectivity index (χ0v) is 21.0. The van der Waals surface area contributed by atoms with Crippen molar-refractivity contribution in [3.8, 4) is 5.75 Å². The molecule has 4 aromatic carbocycles. The average Bonchev–Trinajstić information content (AvgIpc) is 2.97. The van der Waals surface area contributed by atoms with Gasteiger partial charge in [0.25, 0.3) is 17.7 Å². The first-order valence-corrected chi connectivity index (χ1v) is 12.2. The third-order valence-electron chi connectivity index (χ3n) is 5.98. The molecule has 8 nitrogen and oxygen atoms in total. The number of nitrogens with one attached hydrogen (secondary N) is 1. The summed E-state index contributed by atoms with van der Waals surface area (Å²) in [5.74, 6) is -2.27. The van der Waals surface area contributed by atoms with Gasteiger partial charge in [0.05, 0.1) is 11.4 Å². The minimum atomic E-state index is -0.799. The summed E-state index contributed by atoms with van der Waals surface area (Å²) in [6, 6.07) is 27.7. The summed E-state index contributed by atoms with van der Waals surface area (Å²) in [6.07, 6.45) is 1.34. The van der Waals surface area contributed by atoms with Crippen molar-refractivity contribution in [2.75, 3.05) is 21.7 Å². The predicted octanol–water partition coefficient (Wildman–Crippen LogP) is 5.43. The quantitative estimate of drug-likeness (QED) is 0.252. The number of anilines is 3. The fourth-order valence-electron chi connectivity index (χ4n) is 4.10. The number of barbiturate groups is 1. The van der Waals surface area contributed by atoms with E-state index in [2.05, 4.69) is 5.32 Å². The Hall–Kier alpha value is -5.57. The first-order chi connectivity index (χ1) is 19.4. The van der Waals surface area contributed by atoms with E-state index in [4.69, 9.17) is 4.74 Å². The van der Waals surface area contributed by atoms with Crippen molar-refractivity contribution < 1.29 is 28.3 Å². The van der Waals surface area contributed by atoms with E-state index in [0.29, 0.717) is 22.6 Å². The van der Waals surface area contributed by atoms with Gasteiger partial charge in [-0.3, -0.25) is 14.4 Å². The molecule has 1 saturated heterocycles. The summed E-state index contributed by atoms with van der Waals surface area (Å²) in [4.78, 5) is 54.9. The second-order valence-electron chi connectivity index (χ2n) is 8.67. The monoisotopic (exact) mass is 535 g/mol. The van der Waals surface area contributed by atoms with Gasteiger partial charge in [0.2, 0.25) is 0 Å². The Kier molecular flexibility index (Phi) is 7.45. The van der Waals surface area contributed by atoms with E-state index < -0.39 is 29.6 Å². The number of hydrogen-bond donors (Lipinski definition) is 1. The molecule has 1 N–H and O–H groups in total. The van der Waals surface area contributed by atoms with Crippen LogP contribution in [0.5, 0.6) is 5.75 Å². The van der Waals surface area contributed by atoms with Gasteiger partial charge >= 0.3 is 6.03 Å². The van der Waals surface area contributed by atoms with Crippen molar-refractivity contribution in [2.24, 2.45) is 0 Å². The molecule has 9 heteroatoms. The van der Waals surface area contributed by atoms with E-state index in [1.165, 1.54) is 30.3 Å². The molecule has 0 unspecified atom stereocenters. The van der Waals surface area contributed by atoms with Crippen LogP contribution >= 0.6 is 0 Å². The zero-order valence-electron chi connectivity index (χ0n) is 21.0. The van der Waals surface area contributed by atoms with Crippen LogP contribution in [-0.2, 0) is 14.4 Å². The molecule has 1 fully saturated rings. The van der Waals surface area contributed by atoms with Crippen LogP contribution in [0.3, 0.4) is 0 Å². The second-order valence-corrected chi connectivity index (χ2v) is 8.67. The predicted molar refractivity (Wildman–Crippen MR) is 148 cm³/mol. The van der Waals surface area contributed by atoms with E-state index in [1.807, 2.05) is 0 Å². The first-order valence-electron chi connectivity index (χ1n) is 12.2. The fraction of sp³-hybridized carbons (Fsp3) is 0.0323. The molecule has 5 amide bonds.